The number of rotatable bonds is 3. The summed E-state index contributed by atoms with van der Waals surface area (Å²) < 4.78 is 12.8. The standard InChI is InChI=1S/C15H13FN2O3/c1-9-8-14(18(20)21)10(2)7-13(9)17-15(19)11-3-5-12(16)6-4-11/h3-8H,1-2H3,(H,17,19). The Labute approximate surface area is 120 Å². The highest BCUT2D eigenvalue weighted by atomic mass is 19.1. The molecule has 0 unspecified atom stereocenters. The summed E-state index contributed by atoms with van der Waals surface area (Å²) in [5.41, 5.74) is 1.86. The van der Waals surface area contributed by atoms with E-state index < -0.39 is 16.6 Å². The largest absolute Gasteiger partial charge is 0.322 e. The van der Waals surface area contributed by atoms with Gasteiger partial charge in [0.15, 0.2) is 0 Å². The Morgan fingerprint density at radius 3 is 2.33 bits per heavy atom. The number of benzene rings is 2. The molecule has 1 amide bonds. The second kappa shape index (κ2) is 5.70. The molecule has 2 rings (SSSR count). The lowest BCUT2D eigenvalue weighted by molar-refractivity contribution is -0.385. The van der Waals surface area contributed by atoms with E-state index in [4.69, 9.17) is 0 Å². The van der Waals surface area contributed by atoms with Crippen LogP contribution in [-0.2, 0) is 0 Å². The fourth-order valence-electron chi connectivity index (χ4n) is 1.93. The lowest BCUT2D eigenvalue weighted by Gasteiger charge is -2.10. The second-order valence-corrected chi connectivity index (χ2v) is 4.67. The minimum absolute atomic E-state index is 0.00674. The highest BCUT2D eigenvalue weighted by Crippen LogP contribution is 2.26. The molecule has 0 spiro atoms. The smallest absolute Gasteiger partial charge is 0.272 e. The third kappa shape index (κ3) is 3.22. The third-order valence-electron chi connectivity index (χ3n) is 3.09. The molecule has 0 atom stereocenters. The molecule has 0 aromatic heterocycles. The molecule has 1 N–H and O–H groups in total. The summed E-state index contributed by atoms with van der Waals surface area (Å²) in [5.74, 6) is -0.819. The van der Waals surface area contributed by atoms with Crippen LogP contribution in [0.1, 0.15) is 21.5 Å². The van der Waals surface area contributed by atoms with Crippen LogP contribution < -0.4 is 5.32 Å². The zero-order valence-corrected chi connectivity index (χ0v) is 11.5. The molecule has 0 aliphatic carbocycles. The molecule has 0 radical (unpaired) electrons. The van der Waals surface area contributed by atoms with E-state index >= 15 is 0 Å². The van der Waals surface area contributed by atoms with Crippen molar-refractivity contribution in [1.82, 2.24) is 0 Å². The molecule has 0 aliphatic rings. The van der Waals surface area contributed by atoms with Gasteiger partial charge in [0, 0.05) is 22.9 Å². The number of carbonyl (C=O) groups is 1. The van der Waals surface area contributed by atoms with Gasteiger partial charge in [-0.15, -0.1) is 0 Å². The number of hydrogen-bond donors (Lipinski definition) is 1. The van der Waals surface area contributed by atoms with Crippen molar-refractivity contribution >= 4 is 17.3 Å². The average molecular weight is 288 g/mol. The molecule has 0 aliphatic heterocycles. The maximum Gasteiger partial charge on any atom is 0.272 e. The van der Waals surface area contributed by atoms with E-state index in [0.29, 0.717) is 22.4 Å². The summed E-state index contributed by atoms with van der Waals surface area (Å²) in [7, 11) is 0. The first-order valence-electron chi connectivity index (χ1n) is 6.21. The molecule has 5 nitrogen and oxygen atoms in total. The first-order chi connectivity index (χ1) is 9.88. The number of nitro benzene ring substituents is 1. The van der Waals surface area contributed by atoms with Crippen LogP contribution >= 0.6 is 0 Å². The zero-order valence-electron chi connectivity index (χ0n) is 11.5. The van der Waals surface area contributed by atoms with Crippen molar-refractivity contribution in [3.05, 3.63) is 69.0 Å². The van der Waals surface area contributed by atoms with Crippen LogP contribution in [0.2, 0.25) is 0 Å². The Morgan fingerprint density at radius 2 is 1.76 bits per heavy atom. The summed E-state index contributed by atoms with van der Waals surface area (Å²) in [5, 5.41) is 13.5. The van der Waals surface area contributed by atoms with E-state index in [0.717, 1.165) is 0 Å². The van der Waals surface area contributed by atoms with Crippen LogP contribution in [0, 0.1) is 29.8 Å². The molecule has 0 saturated carbocycles. The molecule has 6 heteroatoms. The summed E-state index contributed by atoms with van der Waals surface area (Å²) in [6.45, 7) is 3.28. The van der Waals surface area contributed by atoms with Crippen LogP contribution in [0.5, 0.6) is 0 Å². The maximum absolute atomic E-state index is 12.8. The molecule has 0 bridgehead atoms. The summed E-state index contributed by atoms with van der Waals surface area (Å²) in [6.07, 6.45) is 0. The van der Waals surface area contributed by atoms with Crippen molar-refractivity contribution in [3.8, 4) is 0 Å². The van der Waals surface area contributed by atoms with Gasteiger partial charge in [-0.3, -0.25) is 14.9 Å². The number of amides is 1. The van der Waals surface area contributed by atoms with Crippen LogP contribution in [0.25, 0.3) is 0 Å². The van der Waals surface area contributed by atoms with Gasteiger partial charge in [0.05, 0.1) is 4.92 Å². The molecule has 2 aromatic rings. The molecule has 0 fully saturated rings. The molecular weight excluding hydrogens is 275 g/mol. The summed E-state index contributed by atoms with van der Waals surface area (Å²) >= 11 is 0. The molecule has 108 valence electrons. The van der Waals surface area contributed by atoms with Gasteiger partial charge in [-0.05, 0) is 49.7 Å². The van der Waals surface area contributed by atoms with Crippen LogP contribution in [0.15, 0.2) is 36.4 Å². The SMILES string of the molecule is Cc1cc([N+](=O)[O-])c(C)cc1NC(=O)c1ccc(F)cc1. The fraction of sp³-hybridized carbons (Fsp3) is 0.133. The van der Waals surface area contributed by atoms with Gasteiger partial charge in [0.2, 0.25) is 0 Å². The minimum Gasteiger partial charge on any atom is -0.322 e. The Kier molecular flexibility index (Phi) is 3.98. The first kappa shape index (κ1) is 14.6. The number of nitro groups is 1. The van der Waals surface area contributed by atoms with Gasteiger partial charge in [-0.1, -0.05) is 0 Å². The fourth-order valence-corrected chi connectivity index (χ4v) is 1.93. The van der Waals surface area contributed by atoms with Gasteiger partial charge < -0.3 is 5.32 Å². The first-order valence-corrected chi connectivity index (χ1v) is 6.21. The van der Waals surface area contributed by atoms with Crippen LogP contribution in [0.3, 0.4) is 0 Å². The molecule has 2 aromatic carbocycles. The van der Waals surface area contributed by atoms with Gasteiger partial charge in [-0.2, -0.15) is 0 Å². The number of anilines is 1. The minimum atomic E-state index is -0.464. The number of nitrogens with one attached hydrogen (secondary N) is 1. The lowest BCUT2D eigenvalue weighted by atomic mass is 10.1. The number of aryl methyl sites for hydroxylation is 2. The Morgan fingerprint density at radius 1 is 1.14 bits per heavy atom. The Hall–Kier alpha value is -2.76. The summed E-state index contributed by atoms with van der Waals surface area (Å²) in [4.78, 5) is 22.4. The highest BCUT2D eigenvalue weighted by Gasteiger charge is 2.15. The number of hydrogen-bond acceptors (Lipinski definition) is 3. The van der Waals surface area contributed by atoms with Crippen molar-refractivity contribution in [2.45, 2.75) is 13.8 Å². The second-order valence-electron chi connectivity index (χ2n) is 4.67. The van der Waals surface area contributed by atoms with Crippen molar-refractivity contribution < 1.29 is 14.1 Å². The number of halogens is 1. The van der Waals surface area contributed by atoms with E-state index in [1.54, 1.807) is 19.9 Å². The van der Waals surface area contributed by atoms with Crippen molar-refractivity contribution in [2.24, 2.45) is 0 Å². The molecule has 0 saturated heterocycles. The van der Waals surface area contributed by atoms with Crippen LogP contribution in [-0.4, -0.2) is 10.8 Å². The van der Waals surface area contributed by atoms with Gasteiger partial charge in [-0.25, -0.2) is 4.39 Å². The van der Waals surface area contributed by atoms with E-state index in [9.17, 15) is 19.3 Å². The van der Waals surface area contributed by atoms with Crippen molar-refractivity contribution in [3.63, 3.8) is 0 Å². The highest BCUT2D eigenvalue weighted by molar-refractivity contribution is 6.04. The predicted molar refractivity (Wildman–Crippen MR) is 76.9 cm³/mol. The van der Waals surface area contributed by atoms with Gasteiger partial charge in [0.25, 0.3) is 11.6 Å². The molecule has 0 heterocycles. The average Bonchev–Trinajstić information content (AvgIpc) is 2.42. The normalized spacial score (nSPS) is 10.2. The van der Waals surface area contributed by atoms with E-state index in [-0.39, 0.29) is 5.69 Å². The Balaban J connectivity index is 2.27. The van der Waals surface area contributed by atoms with Gasteiger partial charge in [0.1, 0.15) is 5.82 Å². The molecule has 21 heavy (non-hydrogen) atoms. The van der Waals surface area contributed by atoms with Gasteiger partial charge >= 0.3 is 0 Å². The zero-order chi connectivity index (χ0) is 15.6. The molecular formula is C15H13FN2O3. The van der Waals surface area contributed by atoms with E-state index in [1.807, 2.05) is 0 Å². The monoisotopic (exact) mass is 288 g/mol. The van der Waals surface area contributed by atoms with E-state index in [1.165, 1.54) is 30.3 Å². The van der Waals surface area contributed by atoms with Crippen molar-refractivity contribution in [1.29, 1.82) is 0 Å². The van der Waals surface area contributed by atoms with E-state index in [2.05, 4.69) is 5.32 Å². The Bertz CT molecular complexity index is 712. The van der Waals surface area contributed by atoms with Crippen molar-refractivity contribution in [2.75, 3.05) is 5.32 Å². The predicted octanol–water partition coefficient (Wildman–Crippen LogP) is 3.60. The quantitative estimate of drug-likeness (QED) is 0.692. The maximum atomic E-state index is 12.8. The third-order valence-corrected chi connectivity index (χ3v) is 3.09. The number of carbonyl (C=O) groups excluding carboxylic acids is 1. The number of nitrogens with zero attached hydrogens (tertiary/aromatic N) is 1. The summed E-state index contributed by atoms with van der Waals surface area (Å²) in [6, 6.07) is 8.10. The topological polar surface area (TPSA) is 72.2 Å². The van der Waals surface area contributed by atoms with Crippen LogP contribution in [0.4, 0.5) is 15.8 Å². The lowest BCUT2D eigenvalue weighted by Crippen LogP contribution is -2.13.